The molecule has 0 aliphatic heterocycles. The Hall–Kier alpha value is -3.05. The molecular weight excluding hydrogens is 336 g/mol. The molecule has 0 atom stereocenters. The number of pyridine rings is 1. The summed E-state index contributed by atoms with van der Waals surface area (Å²) in [6.45, 7) is 0. The van der Waals surface area contributed by atoms with Crippen LogP contribution in [0, 0.1) is 0 Å². The highest BCUT2D eigenvalue weighted by molar-refractivity contribution is 6.34. The molecule has 0 bridgehead atoms. The van der Waals surface area contributed by atoms with E-state index in [0.29, 0.717) is 22.5 Å². The van der Waals surface area contributed by atoms with Crippen molar-refractivity contribution in [3.8, 4) is 17.0 Å². The van der Waals surface area contributed by atoms with Gasteiger partial charge in [-0.25, -0.2) is 0 Å². The molecule has 5 nitrogen and oxygen atoms in total. The maximum Gasteiger partial charge on any atom is 0.214 e. The molecule has 0 amide bonds. The van der Waals surface area contributed by atoms with Crippen molar-refractivity contribution in [1.29, 1.82) is 0 Å². The third kappa shape index (κ3) is 3.02. The zero-order valence-corrected chi connectivity index (χ0v) is 14.2. The SMILES string of the molecule is COc1cccc(Nc2n[nH]c3cc(Cl)c(-c4ccccc4)cc23)n1. The van der Waals surface area contributed by atoms with E-state index in [0.717, 1.165) is 22.0 Å². The molecule has 6 heteroatoms. The van der Waals surface area contributed by atoms with E-state index >= 15 is 0 Å². The van der Waals surface area contributed by atoms with Gasteiger partial charge in [0.1, 0.15) is 5.82 Å². The number of aromatic nitrogens is 3. The lowest BCUT2D eigenvalue weighted by Gasteiger charge is -2.07. The summed E-state index contributed by atoms with van der Waals surface area (Å²) in [6, 6.07) is 19.5. The molecule has 0 aliphatic rings. The van der Waals surface area contributed by atoms with Gasteiger partial charge in [0.05, 0.1) is 17.6 Å². The van der Waals surface area contributed by atoms with Gasteiger partial charge < -0.3 is 10.1 Å². The average Bonchev–Trinajstić information content (AvgIpc) is 3.03. The first-order valence-electron chi connectivity index (χ1n) is 7.76. The van der Waals surface area contributed by atoms with Crippen LogP contribution < -0.4 is 10.1 Å². The van der Waals surface area contributed by atoms with Crippen molar-refractivity contribution < 1.29 is 4.74 Å². The smallest absolute Gasteiger partial charge is 0.214 e. The predicted octanol–water partition coefficient (Wildman–Crippen LogP) is 5.03. The highest BCUT2D eigenvalue weighted by Gasteiger charge is 2.12. The predicted molar refractivity (Wildman–Crippen MR) is 101 cm³/mol. The van der Waals surface area contributed by atoms with Gasteiger partial charge in [0.15, 0.2) is 5.82 Å². The lowest BCUT2D eigenvalue weighted by atomic mass is 10.0. The van der Waals surface area contributed by atoms with Gasteiger partial charge in [-0.2, -0.15) is 10.1 Å². The highest BCUT2D eigenvalue weighted by atomic mass is 35.5. The molecule has 0 saturated carbocycles. The Morgan fingerprint density at radius 2 is 1.88 bits per heavy atom. The molecule has 0 unspecified atom stereocenters. The van der Waals surface area contributed by atoms with Crippen molar-refractivity contribution in [2.45, 2.75) is 0 Å². The molecule has 0 radical (unpaired) electrons. The van der Waals surface area contributed by atoms with Crippen LogP contribution in [0.3, 0.4) is 0 Å². The van der Waals surface area contributed by atoms with Crippen molar-refractivity contribution in [2.24, 2.45) is 0 Å². The molecule has 2 N–H and O–H groups in total. The van der Waals surface area contributed by atoms with E-state index in [2.05, 4.69) is 20.5 Å². The number of fused-ring (bicyclic) bond motifs is 1. The standard InChI is InChI=1S/C19H15ClN4O/c1-25-18-9-5-8-17(21-18)22-19-14-10-13(12-6-3-2-4-7-12)15(20)11-16(14)23-24-19/h2-11H,1H3,(H2,21,22,23,24). The Labute approximate surface area is 149 Å². The lowest BCUT2D eigenvalue weighted by molar-refractivity contribution is 0.398. The van der Waals surface area contributed by atoms with Crippen LogP contribution >= 0.6 is 11.6 Å². The summed E-state index contributed by atoms with van der Waals surface area (Å²) in [6.07, 6.45) is 0. The second-order valence-corrected chi connectivity index (χ2v) is 5.91. The summed E-state index contributed by atoms with van der Waals surface area (Å²) in [4.78, 5) is 4.36. The Morgan fingerprint density at radius 1 is 1.04 bits per heavy atom. The summed E-state index contributed by atoms with van der Waals surface area (Å²) in [7, 11) is 1.59. The molecule has 2 aromatic carbocycles. The zero-order chi connectivity index (χ0) is 17.2. The van der Waals surface area contributed by atoms with E-state index < -0.39 is 0 Å². The van der Waals surface area contributed by atoms with Crippen LogP contribution in [-0.2, 0) is 0 Å². The fourth-order valence-electron chi connectivity index (χ4n) is 2.69. The molecule has 25 heavy (non-hydrogen) atoms. The lowest BCUT2D eigenvalue weighted by Crippen LogP contribution is -1.96. The number of H-pyrrole nitrogens is 1. The minimum absolute atomic E-state index is 0.540. The number of halogens is 1. The van der Waals surface area contributed by atoms with E-state index in [1.165, 1.54) is 0 Å². The van der Waals surface area contributed by atoms with Crippen molar-refractivity contribution in [1.82, 2.24) is 15.2 Å². The fraction of sp³-hybridized carbons (Fsp3) is 0.0526. The topological polar surface area (TPSA) is 62.8 Å². The van der Waals surface area contributed by atoms with E-state index in [1.807, 2.05) is 54.6 Å². The quantitative estimate of drug-likeness (QED) is 0.541. The first-order chi connectivity index (χ1) is 12.2. The van der Waals surface area contributed by atoms with Crippen molar-refractivity contribution in [3.05, 3.63) is 65.7 Å². The maximum absolute atomic E-state index is 6.45. The number of nitrogens with zero attached hydrogens (tertiary/aromatic N) is 2. The number of hydrogen-bond donors (Lipinski definition) is 2. The van der Waals surface area contributed by atoms with Crippen LogP contribution in [-0.4, -0.2) is 22.3 Å². The highest BCUT2D eigenvalue weighted by Crippen LogP contribution is 2.34. The van der Waals surface area contributed by atoms with Crippen LogP contribution in [0.4, 0.5) is 11.6 Å². The second-order valence-electron chi connectivity index (χ2n) is 5.51. The minimum atomic E-state index is 0.540. The second kappa shape index (κ2) is 6.45. The van der Waals surface area contributed by atoms with E-state index in [9.17, 15) is 0 Å². The van der Waals surface area contributed by atoms with Crippen LogP contribution in [0.2, 0.25) is 5.02 Å². The number of methoxy groups -OCH3 is 1. The molecule has 4 rings (SSSR count). The third-order valence-electron chi connectivity index (χ3n) is 3.91. The molecule has 2 heterocycles. The monoisotopic (exact) mass is 350 g/mol. The van der Waals surface area contributed by atoms with Crippen LogP contribution in [0.15, 0.2) is 60.7 Å². The Bertz CT molecular complexity index is 1030. The Kier molecular flexibility index (Phi) is 3.99. The fourth-order valence-corrected chi connectivity index (χ4v) is 2.96. The normalized spacial score (nSPS) is 10.8. The largest absolute Gasteiger partial charge is 0.481 e. The number of benzene rings is 2. The number of nitrogens with one attached hydrogen (secondary N) is 2. The summed E-state index contributed by atoms with van der Waals surface area (Å²) in [5, 5.41) is 12.2. The van der Waals surface area contributed by atoms with Gasteiger partial charge >= 0.3 is 0 Å². The molecule has 0 spiro atoms. The van der Waals surface area contributed by atoms with Crippen LogP contribution in [0.1, 0.15) is 0 Å². The van der Waals surface area contributed by atoms with Crippen molar-refractivity contribution in [2.75, 3.05) is 12.4 Å². The first-order valence-corrected chi connectivity index (χ1v) is 8.13. The van der Waals surface area contributed by atoms with Gasteiger partial charge in [-0.3, -0.25) is 5.10 Å². The summed E-state index contributed by atoms with van der Waals surface area (Å²) < 4.78 is 5.16. The molecule has 4 aromatic rings. The number of hydrogen-bond acceptors (Lipinski definition) is 4. The van der Waals surface area contributed by atoms with Gasteiger partial charge in [0.2, 0.25) is 5.88 Å². The molecular formula is C19H15ClN4O. The first kappa shape index (κ1) is 15.5. The Morgan fingerprint density at radius 3 is 2.68 bits per heavy atom. The molecule has 0 fully saturated rings. The van der Waals surface area contributed by atoms with Crippen molar-refractivity contribution in [3.63, 3.8) is 0 Å². The zero-order valence-electron chi connectivity index (χ0n) is 13.5. The number of anilines is 2. The number of aromatic amines is 1. The van der Waals surface area contributed by atoms with Crippen molar-refractivity contribution >= 4 is 34.1 Å². The molecule has 2 aromatic heterocycles. The molecule has 0 saturated heterocycles. The van der Waals surface area contributed by atoms with Gasteiger partial charge in [0, 0.05) is 17.0 Å². The molecule has 124 valence electrons. The van der Waals surface area contributed by atoms with Gasteiger partial charge in [-0.15, -0.1) is 0 Å². The van der Waals surface area contributed by atoms with Crippen LogP contribution in [0.5, 0.6) is 5.88 Å². The van der Waals surface area contributed by atoms with Gasteiger partial charge in [-0.05, 0) is 23.8 Å². The summed E-state index contributed by atoms with van der Waals surface area (Å²) in [5.74, 6) is 1.88. The average molecular weight is 351 g/mol. The van der Waals surface area contributed by atoms with Gasteiger partial charge in [-0.1, -0.05) is 48.0 Å². The van der Waals surface area contributed by atoms with E-state index in [-0.39, 0.29) is 0 Å². The molecule has 0 aliphatic carbocycles. The maximum atomic E-state index is 6.45. The van der Waals surface area contributed by atoms with Gasteiger partial charge in [0.25, 0.3) is 0 Å². The third-order valence-corrected chi connectivity index (χ3v) is 4.23. The summed E-state index contributed by atoms with van der Waals surface area (Å²) >= 11 is 6.45. The number of ether oxygens (including phenoxy) is 1. The number of rotatable bonds is 4. The minimum Gasteiger partial charge on any atom is -0.481 e. The Balaban J connectivity index is 1.77. The van der Waals surface area contributed by atoms with E-state index in [1.54, 1.807) is 13.2 Å². The summed E-state index contributed by atoms with van der Waals surface area (Å²) in [5.41, 5.74) is 2.87. The van der Waals surface area contributed by atoms with Crippen LogP contribution in [0.25, 0.3) is 22.0 Å². The van der Waals surface area contributed by atoms with E-state index in [4.69, 9.17) is 16.3 Å².